The molecular weight excluding hydrogens is 289 g/mol. The highest BCUT2D eigenvalue weighted by molar-refractivity contribution is 6.36. The van der Waals surface area contributed by atoms with Gasteiger partial charge in [-0.05, 0) is 42.2 Å². The van der Waals surface area contributed by atoms with Gasteiger partial charge in [-0.3, -0.25) is 0 Å². The molecule has 3 heteroatoms. The van der Waals surface area contributed by atoms with Crippen molar-refractivity contribution >= 4 is 23.2 Å². The zero-order valence-corrected chi connectivity index (χ0v) is 12.9. The number of rotatable bonds is 3. The van der Waals surface area contributed by atoms with Crippen LogP contribution in [0.1, 0.15) is 16.7 Å². The Morgan fingerprint density at radius 1 is 1.00 bits per heavy atom. The summed E-state index contributed by atoms with van der Waals surface area (Å²) in [7, 11) is 0. The molecule has 3 rings (SSSR count). The fourth-order valence-electron chi connectivity index (χ4n) is 3.04. The maximum Gasteiger partial charge on any atom is 0.0453 e. The van der Waals surface area contributed by atoms with Crippen molar-refractivity contribution in [3.05, 3.63) is 69.2 Å². The van der Waals surface area contributed by atoms with E-state index in [0.29, 0.717) is 0 Å². The number of hydrogen-bond acceptors (Lipinski definition) is 1. The van der Waals surface area contributed by atoms with Gasteiger partial charge in [0.1, 0.15) is 0 Å². The summed E-state index contributed by atoms with van der Waals surface area (Å²) in [6.45, 7) is 4.11. The van der Waals surface area contributed by atoms with E-state index >= 15 is 0 Å². The van der Waals surface area contributed by atoms with Crippen molar-refractivity contribution in [1.29, 1.82) is 0 Å². The maximum atomic E-state index is 6.34. The lowest BCUT2D eigenvalue weighted by Crippen LogP contribution is -2.58. The van der Waals surface area contributed by atoms with E-state index in [9.17, 15) is 0 Å². The van der Waals surface area contributed by atoms with Gasteiger partial charge < -0.3 is 5.32 Å². The quantitative estimate of drug-likeness (QED) is 0.887. The van der Waals surface area contributed by atoms with E-state index in [2.05, 4.69) is 36.5 Å². The first kappa shape index (κ1) is 13.9. The normalized spacial score (nSPS) is 16.8. The summed E-state index contributed by atoms with van der Waals surface area (Å²) in [6.07, 6.45) is 0.878. The molecule has 1 aliphatic rings. The number of aryl methyl sites for hydroxylation is 1. The Morgan fingerprint density at radius 3 is 2.20 bits per heavy atom. The van der Waals surface area contributed by atoms with Crippen LogP contribution in [0.4, 0.5) is 0 Å². The van der Waals surface area contributed by atoms with Gasteiger partial charge in [-0.2, -0.15) is 0 Å². The first-order valence-corrected chi connectivity index (χ1v) is 7.58. The second-order valence-corrected chi connectivity index (χ2v) is 6.39. The van der Waals surface area contributed by atoms with Crippen molar-refractivity contribution in [3.63, 3.8) is 0 Å². The summed E-state index contributed by atoms with van der Waals surface area (Å²) >= 11 is 12.7. The lowest BCUT2D eigenvalue weighted by Gasteiger charge is -2.44. The summed E-state index contributed by atoms with van der Waals surface area (Å²) in [6, 6.07) is 14.3. The Kier molecular flexibility index (Phi) is 3.76. The molecule has 0 amide bonds. The third kappa shape index (κ3) is 2.35. The fraction of sp³-hybridized carbons (Fsp3) is 0.294. The molecule has 1 N–H and O–H groups in total. The minimum absolute atomic E-state index is 0.111. The van der Waals surface area contributed by atoms with Crippen molar-refractivity contribution in [2.45, 2.75) is 18.8 Å². The first-order valence-electron chi connectivity index (χ1n) is 6.82. The van der Waals surface area contributed by atoms with Crippen LogP contribution in [-0.2, 0) is 11.8 Å². The lowest BCUT2D eigenvalue weighted by molar-refractivity contribution is 0.273. The van der Waals surface area contributed by atoms with E-state index in [1.165, 1.54) is 11.1 Å². The molecule has 1 nitrogen and oxygen atoms in total. The van der Waals surface area contributed by atoms with Crippen LogP contribution in [0.5, 0.6) is 0 Å². The van der Waals surface area contributed by atoms with Gasteiger partial charge in [0.15, 0.2) is 0 Å². The molecule has 0 spiro atoms. The Balaban J connectivity index is 2.01. The van der Waals surface area contributed by atoms with Crippen LogP contribution in [0.3, 0.4) is 0 Å². The third-order valence-electron chi connectivity index (χ3n) is 4.22. The standard InChI is InChI=1S/C17H17Cl2N/c1-12-5-2-3-6-14(12)17(10-20-11-17)9-13-15(18)7-4-8-16(13)19/h2-8,20H,9-11H2,1H3. The molecule has 2 aromatic carbocycles. The van der Waals surface area contributed by atoms with Crippen molar-refractivity contribution < 1.29 is 0 Å². The molecule has 2 aromatic rings. The maximum absolute atomic E-state index is 6.34. The zero-order valence-electron chi connectivity index (χ0n) is 11.4. The van der Waals surface area contributed by atoms with Crippen molar-refractivity contribution in [1.82, 2.24) is 5.32 Å². The summed E-state index contributed by atoms with van der Waals surface area (Å²) in [4.78, 5) is 0. The second kappa shape index (κ2) is 5.40. The topological polar surface area (TPSA) is 12.0 Å². The van der Waals surface area contributed by atoms with Crippen LogP contribution in [0.25, 0.3) is 0 Å². The van der Waals surface area contributed by atoms with Gasteiger partial charge in [0.2, 0.25) is 0 Å². The minimum atomic E-state index is 0.111. The van der Waals surface area contributed by atoms with E-state index in [4.69, 9.17) is 23.2 Å². The second-order valence-electron chi connectivity index (χ2n) is 5.58. The van der Waals surface area contributed by atoms with Gasteiger partial charge in [-0.25, -0.2) is 0 Å². The molecule has 0 unspecified atom stereocenters. The molecule has 0 aliphatic carbocycles. The summed E-state index contributed by atoms with van der Waals surface area (Å²) in [5, 5.41) is 4.92. The molecule has 0 atom stereocenters. The van der Waals surface area contributed by atoms with Crippen molar-refractivity contribution in [2.75, 3.05) is 13.1 Å². The number of nitrogens with one attached hydrogen (secondary N) is 1. The molecule has 104 valence electrons. The van der Waals surface area contributed by atoms with Crippen molar-refractivity contribution in [2.24, 2.45) is 0 Å². The van der Waals surface area contributed by atoms with Crippen LogP contribution in [0.15, 0.2) is 42.5 Å². The highest BCUT2D eigenvalue weighted by Gasteiger charge is 2.40. The Hall–Kier alpha value is -1.02. The third-order valence-corrected chi connectivity index (χ3v) is 4.93. The van der Waals surface area contributed by atoms with Crippen LogP contribution in [0, 0.1) is 6.92 Å². The number of hydrogen-bond donors (Lipinski definition) is 1. The molecular formula is C17H17Cl2N. The number of halogens is 2. The Bertz CT molecular complexity index is 612. The minimum Gasteiger partial charge on any atom is -0.315 e. The summed E-state index contributed by atoms with van der Waals surface area (Å²) < 4.78 is 0. The molecule has 0 aromatic heterocycles. The molecule has 1 aliphatic heterocycles. The van der Waals surface area contributed by atoms with Crippen LogP contribution < -0.4 is 5.32 Å². The largest absolute Gasteiger partial charge is 0.315 e. The summed E-state index contributed by atoms with van der Waals surface area (Å²) in [5.41, 5.74) is 3.90. The molecule has 1 saturated heterocycles. The molecule has 20 heavy (non-hydrogen) atoms. The highest BCUT2D eigenvalue weighted by atomic mass is 35.5. The van der Waals surface area contributed by atoms with Crippen LogP contribution >= 0.6 is 23.2 Å². The SMILES string of the molecule is Cc1ccccc1C1(Cc2c(Cl)cccc2Cl)CNC1. The Labute approximate surface area is 129 Å². The molecule has 0 bridgehead atoms. The van der Waals surface area contributed by atoms with E-state index in [1.807, 2.05) is 18.2 Å². The average molecular weight is 306 g/mol. The average Bonchev–Trinajstić information content (AvgIpc) is 2.38. The van der Waals surface area contributed by atoms with Gasteiger partial charge in [0.25, 0.3) is 0 Å². The van der Waals surface area contributed by atoms with E-state index < -0.39 is 0 Å². The van der Waals surface area contributed by atoms with E-state index in [0.717, 1.165) is 35.1 Å². The number of benzene rings is 2. The first-order chi connectivity index (χ1) is 9.62. The Morgan fingerprint density at radius 2 is 1.65 bits per heavy atom. The van der Waals surface area contributed by atoms with Gasteiger partial charge in [0.05, 0.1) is 0 Å². The molecule has 1 fully saturated rings. The van der Waals surface area contributed by atoms with Gasteiger partial charge in [0, 0.05) is 28.5 Å². The van der Waals surface area contributed by atoms with Gasteiger partial charge in [-0.1, -0.05) is 53.5 Å². The predicted octanol–water partition coefficient (Wildman–Crippen LogP) is 4.39. The van der Waals surface area contributed by atoms with Crippen molar-refractivity contribution in [3.8, 4) is 0 Å². The summed E-state index contributed by atoms with van der Waals surface area (Å²) in [5.74, 6) is 0. The smallest absolute Gasteiger partial charge is 0.0453 e. The monoisotopic (exact) mass is 305 g/mol. The molecule has 0 saturated carbocycles. The molecule has 1 heterocycles. The van der Waals surface area contributed by atoms with Crippen LogP contribution in [0.2, 0.25) is 10.0 Å². The van der Waals surface area contributed by atoms with E-state index in [-0.39, 0.29) is 5.41 Å². The van der Waals surface area contributed by atoms with E-state index in [1.54, 1.807) is 0 Å². The zero-order chi connectivity index (χ0) is 14.2. The predicted molar refractivity (Wildman–Crippen MR) is 85.9 cm³/mol. The van der Waals surface area contributed by atoms with Gasteiger partial charge >= 0.3 is 0 Å². The molecule has 0 radical (unpaired) electrons. The highest BCUT2D eigenvalue weighted by Crippen LogP contribution is 2.38. The van der Waals surface area contributed by atoms with Crippen LogP contribution in [-0.4, -0.2) is 13.1 Å². The lowest BCUT2D eigenvalue weighted by atomic mass is 9.69. The van der Waals surface area contributed by atoms with Gasteiger partial charge in [-0.15, -0.1) is 0 Å². The fourth-order valence-corrected chi connectivity index (χ4v) is 3.58.